The lowest BCUT2D eigenvalue weighted by Crippen LogP contribution is -2.33. The molecule has 1 N–H and O–H groups in total. The molecule has 0 aliphatic carbocycles. The number of hydrogen-bond donors (Lipinski definition) is 1. The Morgan fingerprint density at radius 2 is 1.78 bits per heavy atom. The Labute approximate surface area is 162 Å². The first kappa shape index (κ1) is 17.6. The van der Waals surface area contributed by atoms with Gasteiger partial charge in [-0.15, -0.1) is 0 Å². The van der Waals surface area contributed by atoms with E-state index in [0.717, 1.165) is 27.6 Å². The van der Waals surface area contributed by atoms with Crippen LogP contribution in [0.2, 0.25) is 0 Å². The lowest BCUT2D eigenvalue weighted by Gasteiger charge is -2.14. The zero-order valence-corrected chi connectivity index (χ0v) is 15.9. The molecule has 1 aliphatic heterocycles. The maximum atomic E-state index is 12.9. The van der Waals surface area contributed by atoms with Crippen LogP contribution >= 0.6 is 11.6 Å². The molecule has 27 heavy (non-hydrogen) atoms. The monoisotopic (exact) mass is 378 g/mol. The number of carbonyl (C=O) groups excluding carboxylic acids is 2. The van der Waals surface area contributed by atoms with E-state index in [-0.39, 0.29) is 10.9 Å². The molecular weight excluding hydrogens is 360 g/mol. The minimum Gasteiger partial charge on any atom is -0.361 e. The lowest BCUT2D eigenvalue weighted by molar-refractivity contribution is -0.136. The van der Waals surface area contributed by atoms with Gasteiger partial charge >= 0.3 is 0 Å². The van der Waals surface area contributed by atoms with Crippen molar-refractivity contribution >= 4 is 39.9 Å². The number of nitrogens with zero attached hydrogens (tertiary/aromatic N) is 1. The number of amides is 2. The van der Waals surface area contributed by atoms with Crippen LogP contribution in [0.15, 0.2) is 53.7 Å². The molecule has 2 heterocycles. The minimum atomic E-state index is -0.422. The first-order valence-corrected chi connectivity index (χ1v) is 9.23. The second-order valence-corrected chi connectivity index (χ2v) is 7.24. The van der Waals surface area contributed by atoms with Gasteiger partial charge in [-0.1, -0.05) is 48.0 Å². The van der Waals surface area contributed by atoms with E-state index in [2.05, 4.69) is 4.98 Å². The average molecular weight is 379 g/mol. The van der Waals surface area contributed by atoms with Gasteiger partial charge in [0.05, 0.1) is 5.57 Å². The molecule has 4 nitrogen and oxygen atoms in total. The minimum absolute atomic E-state index is 0.00202. The summed E-state index contributed by atoms with van der Waals surface area (Å²) in [6.45, 7) is 4.28. The maximum Gasteiger partial charge on any atom is 0.273 e. The number of nitrogens with one attached hydrogen (secondary N) is 1. The van der Waals surface area contributed by atoms with Crippen LogP contribution in [0, 0.1) is 13.8 Å². The summed E-state index contributed by atoms with van der Waals surface area (Å²) in [5.74, 6) is -0.747. The van der Waals surface area contributed by atoms with Gasteiger partial charge in [-0.25, -0.2) is 0 Å². The molecule has 2 aromatic carbocycles. The van der Waals surface area contributed by atoms with Gasteiger partial charge in [0.2, 0.25) is 0 Å². The Morgan fingerprint density at radius 1 is 1.00 bits per heavy atom. The fourth-order valence-electron chi connectivity index (χ4n) is 3.47. The van der Waals surface area contributed by atoms with Crippen molar-refractivity contribution in [3.05, 3.63) is 75.9 Å². The predicted octanol–water partition coefficient (Wildman–Crippen LogP) is 4.35. The third-order valence-corrected chi connectivity index (χ3v) is 5.54. The fourth-order valence-corrected chi connectivity index (χ4v) is 3.76. The zero-order chi connectivity index (χ0) is 19.1. The summed E-state index contributed by atoms with van der Waals surface area (Å²) in [5, 5.41) is 1.10. The SMILES string of the molecule is Cc1ccc(C2=C(Cl)C(=O)N(CCc3c[nH]c4ccccc34)C2=O)cc1C. The molecule has 0 bridgehead atoms. The van der Waals surface area contributed by atoms with E-state index in [4.69, 9.17) is 11.6 Å². The van der Waals surface area contributed by atoms with Crippen molar-refractivity contribution in [1.82, 2.24) is 9.88 Å². The van der Waals surface area contributed by atoms with Crippen molar-refractivity contribution in [2.75, 3.05) is 6.54 Å². The number of halogens is 1. The molecule has 0 fully saturated rings. The number of carbonyl (C=O) groups is 2. The first-order valence-electron chi connectivity index (χ1n) is 8.86. The topological polar surface area (TPSA) is 53.2 Å². The number of imide groups is 1. The van der Waals surface area contributed by atoms with Crippen LogP contribution in [-0.2, 0) is 16.0 Å². The van der Waals surface area contributed by atoms with Crippen LogP contribution < -0.4 is 0 Å². The van der Waals surface area contributed by atoms with Crippen molar-refractivity contribution in [3.8, 4) is 0 Å². The number of aryl methyl sites for hydroxylation is 2. The molecule has 0 radical (unpaired) electrons. The Balaban J connectivity index is 1.58. The summed E-state index contributed by atoms with van der Waals surface area (Å²) < 4.78 is 0. The number of H-pyrrole nitrogens is 1. The molecule has 3 aromatic rings. The third kappa shape index (κ3) is 2.96. The number of hydrogen-bond acceptors (Lipinski definition) is 2. The fraction of sp³-hybridized carbons (Fsp3) is 0.182. The molecule has 1 aromatic heterocycles. The van der Waals surface area contributed by atoms with Crippen molar-refractivity contribution in [2.45, 2.75) is 20.3 Å². The van der Waals surface area contributed by atoms with E-state index in [1.807, 2.05) is 62.5 Å². The Hall–Kier alpha value is -2.85. The van der Waals surface area contributed by atoms with E-state index < -0.39 is 5.91 Å². The van der Waals surface area contributed by atoms with E-state index in [0.29, 0.717) is 24.1 Å². The van der Waals surface area contributed by atoms with Gasteiger partial charge in [0, 0.05) is 23.6 Å². The summed E-state index contributed by atoms with van der Waals surface area (Å²) in [6, 6.07) is 13.7. The van der Waals surface area contributed by atoms with Crippen LogP contribution in [0.5, 0.6) is 0 Å². The Morgan fingerprint density at radius 3 is 2.56 bits per heavy atom. The Kier molecular flexibility index (Phi) is 4.36. The summed E-state index contributed by atoms with van der Waals surface area (Å²) in [4.78, 5) is 29.9. The van der Waals surface area contributed by atoms with Gasteiger partial charge in [0.1, 0.15) is 5.03 Å². The molecule has 0 saturated carbocycles. The van der Waals surface area contributed by atoms with E-state index in [1.165, 1.54) is 4.90 Å². The number of fused-ring (bicyclic) bond motifs is 1. The normalized spacial score (nSPS) is 14.7. The number of aromatic amines is 1. The van der Waals surface area contributed by atoms with E-state index >= 15 is 0 Å². The molecule has 5 heteroatoms. The second kappa shape index (κ2) is 6.71. The van der Waals surface area contributed by atoms with Crippen molar-refractivity contribution < 1.29 is 9.59 Å². The van der Waals surface area contributed by atoms with Crippen LogP contribution in [-0.4, -0.2) is 28.2 Å². The summed E-state index contributed by atoms with van der Waals surface area (Å²) in [6.07, 6.45) is 2.50. The highest BCUT2D eigenvalue weighted by molar-refractivity contribution is 6.55. The largest absolute Gasteiger partial charge is 0.361 e. The molecule has 0 atom stereocenters. The van der Waals surface area contributed by atoms with Gasteiger partial charge in [0.15, 0.2) is 0 Å². The van der Waals surface area contributed by atoms with Gasteiger partial charge in [-0.3, -0.25) is 14.5 Å². The number of rotatable bonds is 4. The van der Waals surface area contributed by atoms with Gasteiger partial charge in [0.25, 0.3) is 11.8 Å². The quantitative estimate of drug-likeness (QED) is 0.686. The average Bonchev–Trinajstić information content (AvgIpc) is 3.16. The van der Waals surface area contributed by atoms with Crippen molar-refractivity contribution in [1.29, 1.82) is 0 Å². The smallest absolute Gasteiger partial charge is 0.273 e. The second-order valence-electron chi connectivity index (χ2n) is 6.86. The maximum absolute atomic E-state index is 12.9. The van der Waals surface area contributed by atoms with Crippen LogP contribution in [0.3, 0.4) is 0 Å². The standard InChI is InChI=1S/C22H19ClN2O2/c1-13-7-8-15(11-14(13)2)19-20(23)22(27)25(21(19)26)10-9-16-12-24-18-6-4-3-5-17(16)18/h3-8,11-12,24H,9-10H2,1-2H3. The van der Waals surface area contributed by atoms with Gasteiger partial charge in [-0.2, -0.15) is 0 Å². The van der Waals surface area contributed by atoms with Crippen molar-refractivity contribution in [3.63, 3.8) is 0 Å². The molecule has 2 amide bonds. The predicted molar refractivity (Wildman–Crippen MR) is 107 cm³/mol. The molecule has 1 aliphatic rings. The number of para-hydroxylation sites is 1. The molecular formula is C22H19ClN2O2. The highest BCUT2D eigenvalue weighted by Gasteiger charge is 2.37. The summed E-state index contributed by atoms with van der Waals surface area (Å²) in [7, 11) is 0. The molecule has 0 unspecified atom stereocenters. The first-order chi connectivity index (χ1) is 13.0. The molecule has 0 saturated heterocycles. The lowest BCUT2D eigenvalue weighted by atomic mass is 10.0. The zero-order valence-electron chi connectivity index (χ0n) is 15.2. The highest BCUT2D eigenvalue weighted by Crippen LogP contribution is 2.32. The third-order valence-electron chi connectivity index (χ3n) is 5.19. The molecule has 4 rings (SSSR count). The summed E-state index contributed by atoms with van der Waals surface area (Å²) in [5.41, 5.74) is 5.28. The number of benzene rings is 2. The molecule has 0 spiro atoms. The van der Waals surface area contributed by atoms with Crippen LogP contribution in [0.1, 0.15) is 22.3 Å². The van der Waals surface area contributed by atoms with Gasteiger partial charge < -0.3 is 4.98 Å². The van der Waals surface area contributed by atoms with E-state index in [9.17, 15) is 9.59 Å². The highest BCUT2D eigenvalue weighted by atomic mass is 35.5. The molecule has 136 valence electrons. The van der Waals surface area contributed by atoms with Crippen LogP contribution in [0.25, 0.3) is 16.5 Å². The van der Waals surface area contributed by atoms with Crippen molar-refractivity contribution in [2.24, 2.45) is 0 Å². The number of aromatic nitrogens is 1. The van der Waals surface area contributed by atoms with E-state index in [1.54, 1.807) is 0 Å². The van der Waals surface area contributed by atoms with Gasteiger partial charge in [-0.05, 0) is 48.6 Å². The Bertz CT molecular complexity index is 1110. The van der Waals surface area contributed by atoms with Crippen LogP contribution in [0.4, 0.5) is 0 Å². The summed E-state index contributed by atoms with van der Waals surface area (Å²) >= 11 is 6.26.